The van der Waals surface area contributed by atoms with Gasteiger partial charge in [0.25, 0.3) is 5.91 Å². The van der Waals surface area contributed by atoms with E-state index in [1.807, 2.05) is 0 Å². The van der Waals surface area contributed by atoms with Crippen LogP contribution in [0, 0.1) is 0 Å². The third kappa shape index (κ3) is 1.76. The lowest BCUT2D eigenvalue weighted by atomic mass is 10.3. The summed E-state index contributed by atoms with van der Waals surface area (Å²) in [5.41, 5.74) is 0.654. The average molecular weight is 239 g/mol. The van der Waals surface area contributed by atoms with E-state index in [1.165, 1.54) is 9.80 Å². The van der Waals surface area contributed by atoms with Crippen LogP contribution in [-0.2, 0) is 4.79 Å². The van der Waals surface area contributed by atoms with Gasteiger partial charge in [-0.05, 0) is 25.1 Å². The number of benzene rings is 1. The molecular weight excluding hydrogens is 228 g/mol. The molecule has 1 aliphatic heterocycles. The summed E-state index contributed by atoms with van der Waals surface area (Å²) < 4.78 is 0. The fourth-order valence-corrected chi connectivity index (χ4v) is 1.88. The fourth-order valence-electron chi connectivity index (χ4n) is 1.70. The summed E-state index contributed by atoms with van der Waals surface area (Å²) in [6.45, 7) is 2.26. The monoisotopic (exact) mass is 238 g/mol. The first kappa shape index (κ1) is 11.0. The summed E-state index contributed by atoms with van der Waals surface area (Å²) in [5.74, 6) is -0.174. The Bertz CT molecular complexity index is 447. The second kappa shape index (κ2) is 4.14. The van der Waals surface area contributed by atoms with Crippen molar-refractivity contribution < 1.29 is 9.59 Å². The lowest BCUT2D eigenvalue weighted by Gasteiger charge is -2.15. The number of halogens is 1. The van der Waals surface area contributed by atoms with E-state index in [0.717, 1.165) is 0 Å². The van der Waals surface area contributed by atoms with Crippen LogP contribution in [0.2, 0.25) is 5.02 Å². The molecule has 0 aromatic heterocycles. The van der Waals surface area contributed by atoms with Crippen molar-refractivity contribution in [3.63, 3.8) is 0 Å². The molecule has 0 aliphatic carbocycles. The Hall–Kier alpha value is -1.55. The molecule has 0 radical (unpaired) electrons. The van der Waals surface area contributed by atoms with Gasteiger partial charge in [-0.1, -0.05) is 17.7 Å². The molecule has 1 aromatic rings. The van der Waals surface area contributed by atoms with E-state index < -0.39 is 0 Å². The molecule has 1 aliphatic rings. The summed E-state index contributed by atoms with van der Waals surface area (Å²) in [6, 6.07) is 6.63. The van der Waals surface area contributed by atoms with Crippen LogP contribution in [0.4, 0.5) is 10.5 Å². The summed E-state index contributed by atoms with van der Waals surface area (Å²) in [7, 11) is 0. The van der Waals surface area contributed by atoms with Gasteiger partial charge >= 0.3 is 6.03 Å². The topological polar surface area (TPSA) is 40.6 Å². The summed E-state index contributed by atoms with van der Waals surface area (Å²) in [6.07, 6.45) is 0. The van der Waals surface area contributed by atoms with Crippen molar-refractivity contribution in [2.24, 2.45) is 0 Å². The molecule has 0 spiro atoms. The highest BCUT2D eigenvalue weighted by molar-refractivity contribution is 6.31. The molecular formula is C11H11ClN2O2. The van der Waals surface area contributed by atoms with Crippen molar-refractivity contribution >= 4 is 29.2 Å². The lowest BCUT2D eigenvalue weighted by Crippen LogP contribution is -2.32. The molecule has 0 saturated carbocycles. The minimum Gasteiger partial charge on any atom is -0.284 e. The maximum atomic E-state index is 11.8. The number of carbonyl (C=O) groups excluding carboxylic acids is 2. The third-order valence-corrected chi connectivity index (χ3v) is 2.73. The maximum Gasteiger partial charge on any atom is 0.331 e. The number of nitrogens with zero attached hydrogens (tertiary/aromatic N) is 2. The first-order valence-corrected chi connectivity index (χ1v) is 5.38. The van der Waals surface area contributed by atoms with Crippen molar-refractivity contribution in [1.82, 2.24) is 4.90 Å². The number of anilines is 1. The summed E-state index contributed by atoms with van der Waals surface area (Å²) >= 11 is 5.84. The second-order valence-electron chi connectivity index (χ2n) is 3.49. The molecule has 3 amide bonds. The first-order chi connectivity index (χ1) is 7.63. The number of urea groups is 1. The minimum absolute atomic E-state index is 0.0903. The van der Waals surface area contributed by atoms with Gasteiger partial charge < -0.3 is 0 Å². The molecule has 5 heteroatoms. The third-order valence-electron chi connectivity index (χ3n) is 2.49. The van der Waals surface area contributed by atoms with Gasteiger partial charge in [0.05, 0.1) is 0 Å². The standard InChI is InChI=1S/C11H11ClN2O2/c1-2-13-10(15)7-14(11(13)16)9-5-3-4-8(12)6-9/h3-6H,2,7H2,1H3. The van der Waals surface area contributed by atoms with Gasteiger partial charge in [-0.2, -0.15) is 0 Å². The predicted molar refractivity (Wildman–Crippen MR) is 61.6 cm³/mol. The van der Waals surface area contributed by atoms with Crippen LogP contribution >= 0.6 is 11.6 Å². The predicted octanol–water partition coefficient (Wildman–Crippen LogP) is 2.13. The van der Waals surface area contributed by atoms with Crippen LogP contribution in [0.15, 0.2) is 24.3 Å². The zero-order valence-corrected chi connectivity index (χ0v) is 9.57. The zero-order chi connectivity index (χ0) is 11.7. The number of hydrogen-bond donors (Lipinski definition) is 0. The number of likely N-dealkylation sites (N-methyl/N-ethyl adjacent to an activating group) is 1. The average Bonchev–Trinajstić information content (AvgIpc) is 2.54. The van der Waals surface area contributed by atoms with Crippen LogP contribution in [0.25, 0.3) is 0 Å². The van der Waals surface area contributed by atoms with Crippen molar-refractivity contribution in [3.8, 4) is 0 Å². The van der Waals surface area contributed by atoms with Crippen molar-refractivity contribution in [2.45, 2.75) is 6.92 Å². The highest BCUT2D eigenvalue weighted by atomic mass is 35.5. The Morgan fingerprint density at radius 2 is 2.12 bits per heavy atom. The number of hydrogen-bond acceptors (Lipinski definition) is 2. The molecule has 0 N–H and O–H groups in total. The van der Waals surface area contributed by atoms with E-state index in [2.05, 4.69) is 0 Å². The molecule has 1 fully saturated rings. The van der Waals surface area contributed by atoms with Crippen LogP contribution in [0.1, 0.15) is 6.92 Å². The van der Waals surface area contributed by atoms with Crippen molar-refractivity contribution in [2.75, 3.05) is 18.0 Å². The van der Waals surface area contributed by atoms with Gasteiger partial charge in [0, 0.05) is 17.3 Å². The van der Waals surface area contributed by atoms with Gasteiger partial charge in [-0.25, -0.2) is 4.79 Å². The Kier molecular flexibility index (Phi) is 2.83. The van der Waals surface area contributed by atoms with Gasteiger partial charge in [0.2, 0.25) is 0 Å². The van der Waals surface area contributed by atoms with Gasteiger partial charge in [0.15, 0.2) is 0 Å². The van der Waals surface area contributed by atoms with E-state index in [1.54, 1.807) is 31.2 Å². The molecule has 1 saturated heterocycles. The van der Waals surface area contributed by atoms with E-state index in [0.29, 0.717) is 17.3 Å². The van der Waals surface area contributed by atoms with Crippen molar-refractivity contribution in [1.29, 1.82) is 0 Å². The van der Waals surface area contributed by atoms with Gasteiger partial charge in [-0.3, -0.25) is 14.6 Å². The first-order valence-electron chi connectivity index (χ1n) is 5.01. The number of rotatable bonds is 2. The van der Waals surface area contributed by atoms with Crippen LogP contribution in [-0.4, -0.2) is 29.9 Å². The fraction of sp³-hybridized carbons (Fsp3) is 0.273. The maximum absolute atomic E-state index is 11.8. The van der Waals surface area contributed by atoms with Gasteiger partial charge in [0.1, 0.15) is 6.54 Å². The number of imide groups is 1. The lowest BCUT2D eigenvalue weighted by molar-refractivity contribution is -0.124. The number of carbonyl (C=O) groups is 2. The minimum atomic E-state index is -0.283. The second-order valence-corrected chi connectivity index (χ2v) is 3.92. The van der Waals surface area contributed by atoms with E-state index >= 15 is 0 Å². The molecule has 0 atom stereocenters. The zero-order valence-electron chi connectivity index (χ0n) is 8.81. The normalized spacial score (nSPS) is 16.1. The number of amides is 3. The highest BCUT2D eigenvalue weighted by Gasteiger charge is 2.35. The van der Waals surface area contributed by atoms with Crippen LogP contribution in [0.3, 0.4) is 0 Å². The molecule has 16 heavy (non-hydrogen) atoms. The van der Waals surface area contributed by atoms with E-state index in [4.69, 9.17) is 11.6 Å². The summed E-state index contributed by atoms with van der Waals surface area (Å²) in [5, 5.41) is 0.549. The molecule has 1 heterocycles. The molecule has 1 aromatic carbocycles. The Balaban J connectivity index is 2.30. The summed E-state index contributed by atoms with van der Waals surface area (Å²) in [4.78, 5) is 26.0. The Labute approximate surface area is 98.4 Å². The quantitative estimate of drug-likeness (QED) is 0.741. The Morgan fingerprint density at radius 3 is 2.69 bits per heavy atom. The Morgan fingerprint density at radius 1 is 1.38 bits per heavy atom. The van der Waals surface area contributed by atoms with E-state index in [-0.39, 0.29) is 18.5 Å². The molecule has 0 unspecified atom stereocenters. The van der Waals surface area contributed by atoms with Crippen molar-refractivity contribution in [3.05, 3.63) is 29.3 Å². The van der Waals surface area contributed by atoms with Gasteiger partial charge in [-0.15, -0.1) is 0 Å². The SMILES string of the molecule is CCN1C(=O)CN(c2cccc(Cl)c2)C1=O. The van der Waals surface area contributed by atoms with Crippen LogP contribution in [0.5, 0.6) is 0 Å². The smallest absolute Gasteiger partial charge is 0.284 e. The molecule has 4 nitrogen and oxygen atoms in total. The molecule has 84 valence electrons. The highest BCUT2D eigenvalue weighted by Crippen LogP contribution is 2.23. The molecule has 0 bridgehead atoms. The largest absolute Gasteiger partial charge is 0.331 e. The van der Waals surface area contributed by atoms with Crippen LogP contribution < -0.4 is 4.90 Å². The van der Waals surface area contributed by atoms with E-state index in [9.17, 15) is 9.59 Å². The molecule has 2 rings (SSSR count).